The number of carboxylic acid groups (broad SMARTS) is 1. The molecule has 1 unspecified atom stereocenters. The van der Waals surface area contributed by atoms with Crippen molar-refractivity contribution >= 4 is 17.8 Å². The zero-order valence-electron chi connectivity index (χ0n) is 11.2. The minimum Gasteiger partial charge on any atom is -0.481 e. The predicted octanol–water partition coefficient (Wildman–Crippen LogP) is 1.66. The van der Waals surface area contributed by atoms with Gasteiger partial charge in [-0.15, -0.1) is 0 Å². The maximum Gasteiger partial charge on any atom is 0.303 e. The van der Waals surface area contributed by atoms with Gasteiger partial charge in [0, 0.05) is 25.8 Å². The Morgan fingerprint density at radius 1 is 1.33 bits per heavy atom. The van der Waals surface area contributed by atoms with Gasteiger partial charge in [0.2, 0.25) is 11.8 Å². The van der Waals surface area contributed by atoms with Crippen LogP contribution in [0.25, 0.3) is 0 Å². The van der Waals surface area contributed by atoms with Crippen LogP contribution in [0.4, 0.5) is 0 Å². The van der Waals surface area contributed by atoms with Gasteiger partial charge >= 0.3 is 5.97 Å². The molecule has 1 saturated heterocycles. The number of carbonyl (C=O) groups is 3. The Bertz CT molecular complexity index is 342. The molecule has 1 N–H and O–H groups in total. The number of imide groups is 1. The standard InChI is InChI=1S/C13H21NO4/c1-4-9(5-12(17)18)8-14-10(15)6-13(2,3)7-11(14)16/h9H,4-8H2,1-3H3,(H,17,18). The third-order valence-electron chi connectivity index (χ3n) is 3.34. The average molecular weight is 255 g/mol. The van der Waals surface area contributed by atoms with Crippen LogP contribution in [0.1, 0.15) is 46.5 Å². The molecule has 18 heavy (non-hydrogen) atoms. The molecule has 0 radical (unpaired) electrons. The Morgan fingerprint density at radius 2 is 1.83 bits per heavy atom. The molecule has 0 bridgehead atoms. The van der Waals surface area contributed by atoms with E-state index in [0.717, 1.165) is 0 Å². The molecule has 0 aromatic rings. The summed E-state index contributed by atoms with van der Waals surface area (Å²) in [4.78, 5) is 35.8. The first-order chi connectivity index (χ1) is 8.25. The van der Waals surface area contributed by atoms with Crippen molar-refractivity contribution in [2.45, 2.75) is 46.5 Å². The van der Waals surface area contributed by atoms with Crippen LogP contribution < -0.4 is 0 Å². The molecule has 1 aliphatic rings. The molecule has 1 rings (SSSR count). The van der Waals surface area contributed by atoms with E-state index in [2.05, 4.69) is 0 Å². The van der Waals surface area contributed by atoms with E-state index in [1.54, 1.807) is 0 Å². The molecule has 0 aliphatic carbocycles. The summed E-state index contributed by atoms with van der Waals surface area (Å²) >= 11 is 0. The molecule has 2 amide bonds. The van der Waals surface area contributed by atoms with Crippen LogP contribution >= 0.6 is 0 Å². The van der Waals surface area contributed by atoms with Crippen LogP contribution in [0, 0.1) is 11.3 Å². The Hall–Kier alpha value is -1.39. The van der Waals surface area contributed by atoms with Gasteiger partial charge in [0.25, 0.3) is 0 Å². The number of nitrogens with zero attached hydrogens (tertiary/aromatic N) is 1. The monoisotopic (exact) mass is 255 g/mol. The predicted molar refractivity (Wildman–Crippen MR) is 65.8 cm³/mol. The number of carbonyl (C=O) groups excluding carboxylic acids is 2. The first kappa shape index (κ1) is 14.7. The minimum atomic E-state index is -0.890. The van der Waals surface area contributed by atoms with Gasteiger partial charge in [0.15, 0.2) is 0 Å². The summed E-state index contributed by atoms with van der Waals surface area (Å²) in [6.45, 7) is 5.90. The molecule has 102 valence electrons. The van der Waals surface area contributed by atoms with Gasteiger partial charge in [-0.2, -0.15) is 0 Å². The molecule has 5 nitrogen and oxygen atoms in total. The van der Waals surface area contributed by atoms with Crippen LogP contribution in [0.3, 0.4) is 0 Å². The number of piperidine rings is 1. The van der Waals surface area contributed by atoms with E-state index in [4.69, 9.17) is 5.11 Å². The summed E-state index contributed by atoms with van der Waals surface area (Å²) in [7, 11) is 0. The fourth-order valence-corrected chi connectivity index (χ4v) is 2.26. The summed E-state index contributed by atoms with van der Waals surface area (Å²) in [5.74, 6) is -1.41. The van der Waals surface area contributed by atoms with Crippen LogP contribution in [0.15, 0.2) is 0 Å². The van der Waals surface area contributed by atoms with Gasteiger partial charge in [0.1, 0.15) is 0 Å². The van der Waals surface area contributed by atoms with Gasteiger partial charge < -0.3 is 5.11 Å². The second kappa shape index (κ2) is 5.50. The van der Waals surface area contributed by atoms with Gasteiger partial charge in [-0.05, 0) is 11.3 Å². The zero-order valence-corrected chi connectivity index (χ0v) is 11.2. The lowest BCUT2D eigenvalue weighted by molar-refractivity contribution is -0.154. The largest absolute Gasteiger partial charge is 0.481 e. The van der Waals surface area contributed by atoms with Crippen molar-refractivity contribution in [3.8, 4) is 0 Å². The molecule has 5 heteroatoms. The minimum absolute atomic E-state index is 0.00302. The zero-order chi connectivity index (χ0) is 13.9. The summed E-state index contributed by atoms with van der Waals surface area (Å²) in [6.07, 6.45) is 1.34. The van der Waals surface area contributed by atoms with E-state index in [0.29, 0.717) is 19.3 Å². The number of amides is 2. The molecule has 0 aromatic heterocycles. The van der Waals surface area contributed by atoms with Crippen molar-refractivity contribution in [3.05, 3.63) is 0 Å². The van der Waals surface area contributed by atoms with Gasteiger partial charge in [0.05, 0.1) is 0 Å². The molecule has 0 saturated carbocycles. The van der Waals surface area contributed by atoms with E-state index in [1.165, 1.54) is 4.90 Å². The quantitative estimate of drug-likeness (QED) is 0.758. The normalized spacial score (nSPS) is 20.9. The van der Waals surface area contributed by atoms with E-state index in [9.17, 15) is 14.4 Å². The highest BCUT2D eigenvalue weighted by atomic mass is 16.4. The molecule has 1 aliphatic heterocycles. The van der Waals surface area contributed by atoms with E-state index >= 15 is 0 Å². The third kappa shape index (κ3) is 3.82. The van der Waals surface area contributed by atoms with E-state index in [1.807, 2.05) is 20.8 Å². The lowest BCUT2D eigenvalue weighted by Gasteiger charge is -2.36. The molecular formula is C13H21NO4. The summed E-state index contributed by atoms with van der Waals surface area (Å²) < 4.78 is 0. The first-order valence-electron chi connectivity index (χ1n) is 6.30. The lowest BCUT2D eigenvalue weighted by atomic mass is 9.81. The number of hydrogen-bond acceptors (Lipinski definition) is 3. The highest BCUT2D eigenvalue weighted by Gasteiger charge is 2.38. The second-order valence-electron chi connectivity index (χ2n) is 5.79. The number of likely N-dealkylation sites (tertiary alicyclic amines) is 1. The van der Waals surface area contributed by atoms with Crippen molar-refractivity contribution in [1.29, 1.82) is 0 Å². The first-order valence-corrected chi connectivity index (χ1v) is 6.30. The van der Waals surface area contributed by atoms with Crippen molar-refractivity contribution in [2.24, 2.45) is 11.3 Å². The summed E-state index contributed by atoms with van der Waals surface area (Å²) in [5, 5.41) is 8.77. The van der Waals surface area contributed by atoms with Crippen LogP contribution in [0.2, 0.25) is 0 Å². The van der Waals surface area contributed by atoms with Gasteiger partial charge in [-0.3, -0.25) is 19.3 Å². The Balaban J connectivity index is 2.68. The van der Waals surface area contributed by atoms with E-state index < -0.39 is 5.97 Å². The molecule has 1 atom stereocenters. The highest BCUT2D eigenvalue weighted by Crippen LogP contribution is 2.32. The Labute approximate surface area is 107 Å². The number of carboxylic acids is 1. The van der Waals surface area contributed by atoms with Crippen LogP contribution in [0.5, 0.6) is 0 Å². The van der Waals surface area contributed by atoms with Gasteiger partial charge in [-0.25, -0.2) is 0 Å². The molecular weight excluding hydrogens is 234 g/mol. The van der Waals surface area contributed by atoms with Crippen molar-refractivity contribution < 1.29 is 19.5 Å². The summed E-state index contributed by atoms with van der Waals surface area (Å²) in [6, 6.07) is 0. The Kier molecular flexibility index (Phi) is 4.48. The maximum absolute atomic E-state index is 11.9. The molecule has 0 spiro atoms. The van der Waals surface area contributed by atoms with E-state index in [-0.39, 0.29) is 36.1 Å². The number of hydrogen-bond donors (Lipinski definition) is 1. The molecule has 1 fully saturated rings. The smallest absolute Gasteiger partial charge is 0.303 e. The van der Waals surface area contributed by atoms with Crippen LogP contribution in [-0.4, -0.2) is 34.3 Å². The second-order valence-corrected chi connectivity index (χ2v) is 5.79. The number of rotatable bonds is 5. The van der Waals surface area contributed by atoms with Crippen LogP contribution in [-0.2, 0) is 14.4 Å². The molecule has 0 aromatic carbocycles. The van der Waals surface area contributed by atoms with Crippen molar-refractivity contribution in [3.63, 3.8) is 0 Å². The van der Waals surface area contributed by atoms with Gasteiger partial charge in [-0.1, -0.05) is 27.2 Å². The average Bonchev–Trinajstić information content (AvgIpc) is 2.19. The number of aliphatic carboxylic acids is 1. The topological polar surface area (TPSA) is 74.7 Å². The highest BCUT2D eigenvalue weighted by molar-refractivity contribution is 5.98. The van der Waals surface area contributed by atoms with Crippen molar-refractivity contribution in [1.82, 2.24) is 4.90 Å². The Morgan fingerprint density at radius 3 is 2.22 bits per heavy atom. The fraction of sp³-hybridized carbons (Fsp3) is 0.769. The lowest BCUT2D eigenvalue weighted by Crippen LogP contribution is -2.48. The van der Waals surface area contributed by atoms with Crippen molar-refractivity contribution in [2.75, 3.05) is 6.54 Å². The third-order valence-corrected chi connectivity index (χ3v) is 3.34. The fourth-order valence-electron chi connectivity index (χ4n) is 2.26. The molecule has 1 heterocycles. The SMILES string of the molecule is CCC(CC(=O)O)CN1C(=O)CC(C)(C)CC1=O. The summed E-state index contributed by atoms with van der Waals surface area (Å²) in [5.41, 5.74) is -0.279. The maximum atomic E-state index is 11.9.